The number of likely N-dealkylation sites (tertiary alicyclic amines) is 1. The number of anilines is 3. The van der Waals surface area contributed by atoms with Crippen LogP contribution in [0, 0.1) is 5.41 Å². The van der Waals surface area contributed by atoms with E-state index >= 15 is 0 Å². The number of nitrogens with zero attached hydrogens (tertiary/aromatic N) is 2. The molecule has 1 saturated heterocycles. The van der Waals surface area contributed by atoms with Crippen LogP contribution in [0.3, 0.4) is 0 Å². The maximum atomic E-state index is 13.8. The van der Waals surface area contributed by atoms with Crippen molar-refractivity contribution in [3.63, 3.8) is 0 Å². The molecule has 0 saturated carbocycles. The number of aromatic amines is 1. The standard InChI is InChI=1S/C29H33N5O2/c1-29(20-35)13-4-16-34(19-29)28(36)27(17-21-18-31-26-6-3-2-5-25(21)26)33-23-9-7-22(8-10-23)32-24-11-14-30-15-12-24/h2-3,5-12,14-15,18,27,31,33,35H,4,13,16-17,19-20H2,1H3,(H,30,32). The average Bonchev–Trinajstić information content (AvgIpc) is 3.32. The molecule has 2 aromatic carbocycles. The third kappa shape index (κ3) is 5.36. The highest BCUT2D eigenvalue weighted by Crippen LogP contribution is 2.30. The zero-order valence-electron chi connectivity index (χ0n) is 20.6. The van der Waals surface area contributed by atoms with Gasteiger partial charge in [0.2, 0.25) is 5.91 Å². The number of hydrogen-bond donors (Lipinski definition) is 4. The van der Waals surface area contributed by atoms with Crippen LogP contribution in [0.15, 0.2) is 79.3 Å². The monoisotopic (exact) mass is 483 g/mol. The molecule has 36 heavy (non-hydrogen) atoms. The minimum atomic E-state index is -0.427. The normalized spacial score (nSPS) is 18.7. The van der Waals surface area contributed by atoms with E-state index in [4.69, 9.17) is 0 Å². The van der Waals surface area contributed by atoms with Crippen LogP contribution in [-0.4, -0.2) is 51.6 Å². The Morgan fingerprint density at radius 2 is 1.81 bits per heavy atom. The van der Waals surface area contributed by atoms with Gasteiger partial charge in [-0.2, -0.15) is 0 Å². The number of hydrogen-bond acceptors (Lipinski definition) is 5. The largest absolute Gasteiger partial charge is 0.396 e. The number of para-hydroxylation sites is 1. The Bertz CT molecular complexity index is 1300. The van der Waals surface area contributed by atoms with Gasteiger partial charge in [0.1, 0.15) is 6.04 Å². The van der Waals surface area contributed by atoms with E-state index in [1.165, 1.54) is 0 Å². The van der Waals surface area contributed by atoms with E-state index in [1.807, 2.05) is 59.6 Å². The molecule has 0 bridgehead atoms. The molecule has 4 aromatic rings. The number of amides is 1. The Kier molecular flexibility index (Phi) is 6.91. The van der Waals surface area contributed by atoms with Crippen LogP contribution >= 0.6 is 0 Å². The Morgan fingerprint density at radius 3 is 2.58 bits per heavy atom. The lowest BCUT2D eigenvalue weighted by atomic mass is 9.82. The molecule has 7 heteroatoms. The zero-order valence-corrected chi connectivity index (χ0v) is 20.6. The minimum absolute atomic E-state index is 0.0682. The number of fused-ring (bicyclic) bond motifs is 1. The van der Waals surface area contributed by atoms with E-state index in [-0.39, 0.29) is 17.9 Å². The summed E-state index contributed by atoms with van der Waals surface area (Å²) in [5.74, 6) is 0.0682. The van der Waals surface area contributed by atoms with Gasteiger partial charge in [0.05, 0.1) is 6.61 Å². The highest BCUT2D eigenvalue weighted by molar-refractivity contribution is 5.88. The van der Waals surface area contributed by atoms with Gasteiger partial charge in [-0.25, -0.2) is 0 Å². The second-order valence-corrected chi connectivity index (χ2v) is 10.0. The van der Waals surface area contributed by atoms with Gasteiger partial charge >= 0.3 is 0 Å². The first-order valence-corrected chi connectivity index (χ1v) is 12.5. The molecule has 3 heterocycles. The number of pyridine rings is 1. The molecule has 5 rings (SSSR count). The summed E-state index contributed by atoms with van der Waals surface area (Å²) in [5.41, 5.74) is 4.73. The van der Waals surface area contributed by atoms with Gasteiger partial charge in [0, 0.05) is 71.5 Å². The second-order valence-electron chi connectivity index (χ2n) is 10.0. The van der Waals surface area contributed by atoms with E-state index in [2.05, 4.69) is 39.7 Å². The van der Waals surface area contributed by atoms with Crippen LogP contribution in [0.1, 0.15) is 25.3 Å². The summed E-state index contributed by atoms with van der Waals surface area (Å²) in [7, 11) is 0. The molecule has 0 radical (unpaired) electrons. The first-order chi connectivity index (χ1) is 17.5. The van der Waals surface area contributed by atoms with E-state index in [9.17, 15) is 9.90 Å². The highest BCUT2D eigenvalue weighted by atomic mass is 16.3. The van der Waals surface area contributed by atoms with Crippen molar-refractivity contribution in [3.8, 4) is 0 Å². The van der Waals surface area contributed by atoms with Crippen molar-refractivity contribution in [2.24, 2.45) is 5.41 Å². The predicted molar refractivity (Wildman–Crippen MR) is 144 cm³/mol. The molecule has 1 fully saturated rings. The lowest BCUT2D eigenvalue weighted by Gasteiger charge is -2.40. The van der Waals surface area contributed by atoms with Crippen LogP contribution < -0.4 is 10.6 Å². The van der Waals surface area contributed by atoms with Crippen LogP contribution in [0.2, 0.25) is 0 Å². The smallest absolute Gasteiger partial charge is 0.245 e. The van der Waals surface area contributed by atoms with Gasteiger partial charge < -0.3 is 25.6 Å². The number of nitrogens with one attached hydrogen (secondary N) is 3. The fourth-order valence-electron chi connectivity index (χ4n) is 5.03. The topological polar surface area (TPSA) is 93.3 Å². The van der Waals surface area contributed by atoms with E-state index in [0.717, 1.165) is 52.9 Å². The summed E-state index contributed by atoms with van der Waals surface area (Å²) in [6.07, 6.45) is 7.90. The fraction of sp³-hybridized carbons (Fsp3) is 0.310. The number of H-pyrrole nitrogens is 1. The summed E-state index contributed by atoms with van der Waals surface area (Å²) < 4.78 is 0. The summed E-state index contributed by atoms with van der Waals surface area (Å²) >= 11 is 0. The molecule has 2 aromatic heterocycles. The van der Waals surface area contributed by atoms with Gasteiger partial charge in [-0.3, -0.25) is 9.78 Å². The van der Waals surface area contributed by atoms with Crippen LogP contribution in [0.5, 0.6) is 0 Å². The average molecular weight is 484 g/mol. The number of aliphatic hydroxyl groups is 1. The number of piperidine rings is 1. The van der Waals surface area contributed by atoms with Gasteiger partial charge in [-0.1, -0.05) is 25.1 Å². The van der Waals surface area contributed by atoms with Gasteiger partial charge in [-0.05, 0) is 60.9 Å². The molecule has 7 nitrogen and oxygen atoms in total. The van der Waals surface area contributed by atoms with Crippen LogP contribution in [-0.2, 0) is 11.2 Å². The minimum Gasteiger partial charge on any atom is -0.396 e. The molecule has 186 valence electrons. The number of benzene rings is 2. The zero-order chi connectivity index (χ0) is 25.0. The summed E-state index contributed by atoms with van der Waals surface area (Å²) in [5, 5.41) is 17.9. The van der Waals surface area contributed by atoms with E-state index in [1.54, 1.807) is 12.4 Å². The van der Waals surface area contributed by atoms with E-state index < -0.39 is 6.04 Å². The Hall–Kier alpha value is -3.84. The quantitative estimate of drug-likeness (QED) is 0.285. The number of aromatic nitrogens is 2. The lowest BCUT2D eigenvalue weighted by molar-refractivity contribution is -0.136. The van der Waals surface area contributed by atoms with Gasteiger partial charge in [-0.15, -0.1) is 0 Å². The highest BCUT2D eigenvalue weighted by Gasteiger charge is 2.35. The van der Waals surface area contributed by atoms with Crippen molar-refractivity contribution in [1.29, 1.82) is 0 Å². The third-order valence-corrected chi connectivity index (χ3v) is 7.07. The molecule has 2 unspecified atom stereocenters. The van der Waals surface area contributed by atoms with Crippen molar-refractivity contribution in [2.75, 3.05) is 30.3 Å². The number of carbonyl (C=O) groups excluding carboxylic acids is 1. The molecule has 4 N–H and O–H groups in total. The first-order valence-electron chi connectivity index (χ1n) is 12.5. The molecule has 1 amide bonds. The third-order valence-electron chi connectivity index (χ3n) is 7.07. The molecule has 1 aliphatic rings. The number of carbonyl (C=O) groups is 1. The Labute approximate surface area is 211 Å². The Morgan fingerprint density at radius 1 is 1.08 bits per heavy atom. The molecule has 1 aliphatic heterocycles. The SMILES string of the molecule is CC1(CO)CCCN(C(=O)C(Cc2c[nH]c3ccccc23)Nc2ccc(Nc3ccncc3)cc2)C1. The molecule has 2 atom stereocenters. The second kappa shape index (κ2) is 10.4. The van der Waals surface area contributed by atoms with Gasteiger partial charge in [0.25, 0.3) is 0 Å². The maximum absolute atomic E-state index is 13.8. The molecule has 0 aliphatic carbocycles. The van der Waals surface area contributed by atoms with Crippen molar-refractivity contribution < 1.29 is 9.90 Å². The summed E-state index contributed by atoms with van der Waals surface area (Å²) in [4.78, 5) is 23.1. The van der Waals surface area contributed by atoms with Crippen molar-refractivity contribution in [3.05, 3.63) is 84.8 Å². The summed E-state index contributed by atoms with van der Waals surface area (Å²) in [6, 6.07) is 19.6. The molecular formula is C29H33N5O2. The number of rotatable bonds is 8. The number of aliphatic hydroxyl groups excluding tert-OH is 1. The maximum Gasteiger partial charge on any atom is 0.245 e. The van der Waals surface area contributed by atoms with E-state index in [0.29, 0.717) is 13.0 Å². The predicted octanol–water partition coefficient (Wildman–Crippen LogP) is 4.95. The van der Waals surface area contributed by atoms with Crippen molar-refractivity contribution in [1.82, 2.24) is 14.9 Å². The van der Waals surface area contributed by atoms with Crippen LogP contribution in [0.25, 0.3) is 10.9 Å². The van der Waals surface area contributed by atoms with Crippen molar-refractivity contribution >= 4 is 33.9 Å². The lowest BCUT2D eigenvalue weighted by Crippen LogP contribution is -2.51. The molecule has 0 spiro atoms. The molecular weight excluding hydrogens is 450 g/mol. The first kappa shape index (κ1) is 23.9. The fourth-order valence-corrected chi connectivity index (χ4v) is 5.03. The Balaban J connectivity index is 1.37. The van der Waals surface area contributed by atoms with Gasteiger partial charge in [0.15, 0.2) is 0 Å². The summed E-state index contributed by atoms with van der Waals surface area (Å²) in [6.45, 7) is 3.44. The van der Waals surface area contributed by atoms with Crippen LogP contribution in [0.4, 0.5) is 17.1 Å². The van der Waals surface area contributed by atoms with Crippen molar-refractivity contribution in [2.45, 2.75) is 32.2 Å².